The van der Waals surface area contributed by atoms with E-state index >= 15 is 0 Å². The topological polar surface area (TPSA) is 38.7 Å². The van der Waals surface area contributed by atoms with E-state index in [1.807, 2.05) is 19.9 Å². The summed E-state index contributed by atoms with van der Waals surface area (Å²) in [6, 6.07) is 10.4. The minimum atomic E-state index is -1.51. The van der Waals surface area contributed by atoms with Crippen molar-refractivity contribution in [2.45, 2.75) is 74.5 Å². The Morgan fingerprint density at radius 3 is 2.29 bits per heavy atom. The molecule has 1 aromatic rings. The maximum atomic E-state index is 11.0. The van der Waals surface area contributed by atoms with Gasteiger partial charge in [0.15, 0.2) is 0 Å². The van der Waals surface area contributed by atoms with E-state index in [4.69, 9.17) is 17.7 Å². The molecule has 8 atom stereocenters. The fourth-order valence-electron chi connectivity index (χ4n) is 6.54. The first-order valence-corrected chi connectivity index (χ1v) is 20.7. The van der Waals surface area contributed by atoms with Gasteiger partial charge in [0, 0.05) is 0 Å². The summed E-state index contributed by atoms with van der Waals surface area (Å²) in [6.45, 7) is 11.0. The molecule has 0 aliphatic heterocycles. The Morgan fingerprint density at radius 2 is 1.71 bits per heavy atom. The van der Waals surface area contributed by atoms with Crippen molar-refractivity contribution in [1.29, 1.82) is 0 Å². The SMILES string of the molecule is CC(C)(C)O[C@@H]1[C@H]2[C@@H](OCc3ccccc3)[C@@H]3C(C(C)(C)O)C[C@H]([C@H]2[Hg][Cl])[C@H]13. The predicted octanol–water partition coefficient (Wildman–Crippen LogP) is 5.06. The van der Waals surface area contributed by atoms with Gasteiger partial charge in [-0.1, -0.05) is 0 Å². The summed E-state index contributed by atoms with van der Waals surface area (Å²) in [5, 5.41) is 11.0. The molecule has 3 fully saturated rings. The molecular formula is C23H33ClHgO3. The summed E-state index contributed by atoms with van der Waals surface area (Å²) in [4.78, 5) is 0. The van der Waals surface area contributed by atoms with E-state index in [1.54, 1.807) is 0 Å². The summed E-state index contributed by atoms with van der Waals surface area (Å²) in [5.74, 6) is 2.18. The molecule has 0 amide bonds. The van der Waals surface area contributed by atoms with Gasteiger partial charge in [0.05, 0.1) is 0 Å². The third kappa shape index (κ3) is 3.84. The molecule has 5 heteroatoms. The fourth-order valence-corrected chi connectivity index (χ4v) is 16.1. The number of hydrogen-bond acceptors (Lipinski definition) is 3. The molecular weight excluding hydrogens is 560 g/mol. The Kier molecular flexibility index (Phi) is 5.99. The number of ether oxygens (including phenoxy) is 2. The van der Waals surface area contributed by atoms with Crippen LogP contribution in [0, 0.1) is 29.6 Å². The van der Waals surface area contributed by atoms with E-state index in [-0.39, 0.29) is 23.7 Å². The molecule has 0 aromatic heterocycles. The van der Waals surface area contributed by atoms with Crippen LogP contribution in [-0.2, 0) is 39.4 Å². The van der Waals surface area contributed by atoms with Crippen LogP contribution in [0.25, 0.3) is 0 Å². The average molecular weight is 594 g/mol. The predicted molar refractivity (Wildman–Crippen MR) is 108 cm³/mol. The Hall–Kier alpha value is 0.325. The fraction of sp³-hybridized carbons (Fsp3) is 0.739. The second-order valence-electron chi connectivity index (χ2n) is 10.7. The molecule has 0 saturated heterocycles. The summed E-state index contributed by atoms with van der Waals surface area (Å²) >= 11 is -1.51. The zero-order valence-corrected chi connectivity index (χ0v) is 24.0. The van der Waals surface area contributed by atoms with Crippen LogP contribution in [-0.4, -0.2) is 28.5 Å². The third-order valence-corrected chi connectivity index (χ3v) is 16.3. The van der Waals surface area contributed by atoms with Crippen molar-refractivity contribution in [1.82, 2.24) is 0 Å². The van der Waals surface area contributed by atoms with E-state index in [2.05, 4.69) is 45.0 Å². The van der Waals surface area contributed by atoms with Gasteiger partial charge in [-0.3, -0.25) is 0 Å². The number of hydrogen-bond donors (Lipinski definition) is 1. The average Bonchev–Trinajstić information content (AvgIpc) is 3.17. The van der Waals surface area contributed by atoms with Crippen molar-refractivity contribution in [3.05, 3.63) is 35.9 Å². The summed E-state index contributed by atoms with van der Waals surface area (Å²) in [6.07, 6.45) is 1.46. The summed E-state index contributed by atoms with van der Waals surface area (Å²) in [5.41, 5.74) is 0.350. The van der Waals surface area contributed by atoms with Crippen molar-refractivity contribution in [3.8, 4) is 0 Å². The standard InChI is InChI=1S/C23H33O3.ClH.Hg/c1-22(2,3)26-21-16-11-15-12-17(23(4,5)24)19(18(15)21)20(16)25-13-14-9-7-6-8-10-14;;/h6-11,15-21,24H,12-13H2,1-5H3;1H;/q;;+1/p-1/t15-,16+,17?,18-,19+,20+,21+;;/m0../s1. The van der Waals surface area contributed by atoms with Gasteiger partial charge in [-0.25, -0.2) is 0 Å². The van der Waals surface area contributed by atoms with E-state index in [9.17, 15) is 5.11 Å². The Balaban J connectivity index is 1.65. The Bertz CT molecular complexity index is 683. The van der Waals surface area contributed by atoms with Gasteiger partial charge in [-0.2, -0.15) is 0 Å². The molecule has 1 unspecified atom stereocenters. The monoisotopic (exact) mass is 594 g/mol. The molecule has 3 saturated carbocycles. The number of aliphatic hydroxyl groups is 1. The van der Waals surface area contributed by atoms with Gasteiger partial charge in [0.25, 0.3) is 0 Å². The molecule has 2 bridgehead atoms. The first-order valence-electron chi connectivity index (χ1n) is 10.7. The first kappa shape index (κ1) is 21.6. The van der Waals surface area contributed by atoms with Crippen LogP contribution in [0.5, 0.6) is 0 Å². The zero-order valence-electron chi connectivity index (χ0n) is 17.8. The number of fused-ring (bicyclic) bond motifs is 1. The van der Waals surface area contributed by atoms with Crippen molar-refractivity contribution >= 4 is 8.25 Å². The minimum absolute atomic E-state index is 0.150. The van der Waals surface area contributed by atoms with Gasteiger partial charge in [0.2, 0.25) is 0 Å². The maximum absolute atomic E-state index is 11.0. The van der Waals surface area contributed by atoms with Crippen molar-refractivity contribution < 1.29 is 37.9 Å². The van der Waals surface area contributed by atoms with Crippen LogP contribution in [0.15, 0.2) is 30.3 Å². The molecule has 4 rings (SSSR count). The van der Waals surface area contributed by atoms with Gasteiger partial charge in [0.1, 0.15) is 0 Å². The quantitative estimate of drug-likeness (QED) is 0.469. The Labute approximate surface area is 185 Å². The van der Waals surface area contributed by atoms with Crippen molar-refractivity contribution in [2.24, 2.45) is 29.6 Å². The van der Waals surface area contributed by atoms with Gasteiger partial charge in [-0.15, -0.1) is 0 Å². The van der Waals surface area contributed by atoms with Gasteiger partial charge >= 0.3 is 186 Å². The molecule has 1 aromatic carbocycles. The third-order valence-electron chi connectivity index (χ3n) is 7.35. The van der Waals surface area contributed by atoms with E-state index < -0.39 is 28.9 Å². The van der Waals surface area contributed by atoms with Crippen LogP contribution >= 0.6 is 8.25 Å². The van der Waals surface area contributed by atoms with Crippen LogP contribution in [0.2, 0.25) is 3.43 Å². The second-order valence-corrected chi connectivity index (χ2v) is 18.2. The van der Waals surface area contributed by atoms with Crippen LogP contribution in [0.4, 0.5) is 0 Å². The molecule has 0 heterocycles. The number of halogens is 1. The molecule has 28 heavy (non-hydrogen) atoms. The molecule has 3 nitrogen and oxygen atoms in total. The van der Waals surface area contributed by atoms with E-state index in [0.717, 1.165) is 6.42 Å². The van der Waals surface area contributed by atoms with Gasteiger partial charge < -0.3 is 0 Å². The van der Waals surface area contributed by atoms with Crippen molar-refractivity contribution in [3.63, 3.8) is 0 Å². The number of rotatable bonds is 6. The first-order chi connectivity index (χ1) is 13.1. The molecule has 152 valence electrons. The molecule has 0 radical (unpaired) electrons. The summed E-state index contributed by atoms with van der Waals surface area (Å²) < 4.78 is 13.9. The normalized spacial score (nSPS) is 39.4. The second kappa shape index (κ2) is 7.78. The van der Waals surface area contributed by atoms with Crippen LogP contribution < -0.4 is 0 Å². The van der Waals surface area contributed by atoms with Crippen LogP contribution in [0.3, 0.4) is 0 Å². The van der Waals surface area contributed by atoms with E-state index in [0.29, 0.717) is 33.7 Å². The molecule has 3 aliphatic carbocycles. The van der Waals surface area contributed by atoms with Crippen molar-refractivity contribution in [2.75, 3.05) is 0 Å². The summed E-state index contributed by atoms with van der Waals surface area (Å²) in [7, 11) is 6.72. The molecule has 3 aliphatic rings. The van der Waals surface area contributed by atoms with Gasteiger partial charge in [-0.05, 0) is 0 Å². The Morgan fingerprint density at radius 1 is 1.04 bits per heavy atom. The zero-order chi connectivity index (χ0) is 20.3. The molecule has 1 N–H and O–H groups in total. The number of benzene rings is 1. The molecule has 0 spiro atoms. The van der Waals surface area contributed by atoms with E-state index in [1.165, 1.54) is 5.56 Å². The van der Waals surface area contributed by atoms with Crippen LogP contribution in [0.1, 0.15) is 46.6 Å².